The standard InChI is InChI=1S/C18H22N4O2S/c1-9(2)14-12-6-13(18(23)24-4)25-17(12)21-15(14)11-5-10(3)16-19-8-20-22(16)7-11/h5-9,16,18,21,23H,1-4H3,(H,19,20). The summed E-state index contributed by atoms with van der Waals surface area (Å²) in [6.45, 7) is 6.49. The summed E-state index contributed by atoms with van der Waals surface area (Å²) in [4.78, 5) is 5.43. The van der Waals surface area contributed by atoms with Crippen LogP contribution in [0.15, 0.2) is 29.0 Å². The van der Waals surface area contributed by atoms with Gasteiger partial charge < -0.3 is 20.1 Å². The monoisotopic (exact) mass is 358 g/mol. The maximum Gasteiger partial charge on any atom is 0.190 e. The smallest absolute Gasteiger partial charge is 0.190 e. The van der Waals surface area contributed by atoms with Gasteiger partial charge in [0.1, 0.15) is 17.3 Å². The summed E-state index contributed by atoms with van der Waals surface area (Å²) in [7, 11) is 1.51. The minimum absolute atomic E-state index is 0.116. The first-order valence-electron chi connectivity index (χ1n) is 8.33. The zero-order valence-corrected chi connectivity index (χ0v) is 15.5. The maximum absolute atomic E-state index is 9.96. The number of fused-ring (bicyclic) bond motifs is 2. The summed E-state index contributed by atoms with van der Waals surface area (Å²) < 4.78 is 5.05. The first-order chi connectivity index (χ1) is 12.0. The highest BCUT2D eigenvalue weighted by atomic mass is 32.1. The van der Waals surface area contributed by atoms with Crippen LogP contribution in [0, 0.1) is 0 Å². The van der Waals surface area contributed by atoms with Crippen LogP contribution >= 0.6 is 11.3 Å². The number of hydrogen-bond donors (Lipinski definition) is 3. The third-order valence-electron chi connectivity index (χ3n) is 4.66. The van der Waals surface area contributed by atoms with Crippen molar-refractivity contribution in [1.29, 1.82) is 0 Å². The lowest BCUT2D eigenvalue weighted by molar-refractivity contribution is -0.0742. The Morgan fingerprint density at radius 1 is 1.40 bits per heavy atom. The lowest BCUT2D eigenvalue weighted by Crippen LogP contribution is -2.35. The number of hydrogen-bond acceptors (Lipinski definition) is 6. The van der Waals surface area contributed by atoms with Gasteiger partial charge in [0.05, 0.1) is 10.6 Å². The van der Waals surface area contributed by atoms with E-state index < -0.39 is 6.29 Å². The van der Waals surface area contributed by atoms with Crippen LogP contribution in [0.1, 0.15) is 49.1 Å². The average molecular weight is 358 g/mol. The Hall–Kier alpha value is -2.09. The number of hydrazone groups is 1. The molecular formula is C18H22N4O2S. The zero-order valence-electron chi connectivity index (χ0n) is 14.7. The van der Waals surface area contributed by atoms with Gasteiger partial charge in [-0.05, 0) is 36.1 Å². The fourth-order valence-electron chi connectivity index (χ4n) is 3.49. The number of methoxy groups -OCH3 is 1. The summed E-state index contributed by atoms with van der Waals surface area (Å²) >= 11 is 1.53. The first-order valence-corrected chi connectivity index (χ1v) is 9.14. The number of aromatic nitrogens is 1. The van der Waals surface area contributed by atoms with Gasteiger partial charge in [-0.2, -0.15) is 5.10 Å². The fraction of sp³-hybridized carbons (Fsp3) is 0.389. The number of aromatic amines is 1. The van der Waals surface area contributed by atoms with E-state index in [0.29, 0.717) is 5.92 Å². The van der Waals surface area contributed by atoms with E-state index in [1.807, 2.05) is 11.1 Å². The van der Waals surface area contributed by atoms with Gasteiger partial charge in [-0.1, -0.05) is 13.8 Å². The molecule has 0 bridgehead atoms. The largest absolute Gasteiger partial charge is 0.364 e. The third-order valence-corrected chi connectivity index (χ3v) is 5.74. The molecule has 2 aliphatic rings. The predicted octanol–water partition coefficient (Wildman–Crippen LogP) is 3.47. The molecule has 2 unspecified atom stereocenters. The molecule has 2 atom stereocenters. The number of aliphatic hydroxyl groups is 1. The molecule has 2 aromatic heterocycles. The molecule has 0 aromatic carbocycles. The molecule has 132 valence electrons. The molecule has 4 rings (SSSR count). The van der Waals surface area contributed by atoms with Crippen molar-refractivity contribution in [2.45, 2.75) is 39.1 Å². The number of aliphatic hydroxyl groups excluding tert-OH is 1. The second-order valence-corrected chi connectivity index (χ2v) is 7.80. The molecule has 7 heteroatoms. The Bertz CT molecular complexity index is 906. The number of allylic oxidation sites excluding steroid dienone is 2. The summed E-state index contributed by atoms with van der Waals surface area (Å²) in [5.74, 6) is 0.346. The molecule has 2 aromatic rings. The van der Waals surface area contributed by atoms with Gasteiger partial charge in [-0.25, -0.2) is 5.01 Å². The summed E-state index contributed by atoms with van der Waals surface area (Å²) in [6, 6.07) is 2.03. The van der Waals surface area contributed by atoms with E-state index in [1.54, 1.807) is 6.34 Å². The quantitative estimate of drug-likeness (QED) is 0.732. The van der Waals surface area contributed by atoms with E-state index in [0.717, 1.165) is 26.4 Å². The molecular weight excluding hydrogens is 336 g/mol. The van der Waals surface area contributed by atoms with Crippen LogP contribution in [-0.4, -0.2) is 34.7 Å². The van der Waals surface area contributed by atoms with Crippen LogP contribution in [0.5, 0.6) is 0 Å². The number of ether oxygens (including phenoxy) is 1. The minimum atomic E-state index is -0.879. The number of rotatable bonds is 4. The predicted molar refractivity (Wildman–Crippen MR) is 101 cm³/mol. The molecule has 3 N–H and O–H groups in total. The first kappa shape index (κ1) is 16.4. The van der Waals surface area contributed by atoms with Crippen molar-refractivity contribution in [3.05, 3.63) is 40.0 Å². The van der Waals surface area contributed by atoms with Crippen molar-refractivity contribution in [2.75, 3.05) is 7.11 Å². The molecule has 0 spiro atoms. The van der Waals surface area contributed by atoms with Gasteiger partial charge in [0.15, 0.2) is 6.29 Å². The van der Waals surface area contributed by atoms with Crippen molar-refractivity contribution >= 4 is 33.5 Å². The van der Waals surface area contributed by atoms with Gasteiger partial charge in [-0.15, -0.1) is 11.3 Å². The van der Waals surface area contributed by atoms with E-state index >= 15 is 0 Å². The highest BCUT2D eigenvalue weighted by molar-refractivity contribution is 7.18. The Morgan fingerprint density at radius 2 is 2.20 bits per heavy atom. The van der Waals surface area contributed by atoms with E-state index in [9.17, 15) is 5.11 Å². The molecule has 0 amide bonds. The number of H-pyrrole nitrogens is 1. The van der Waals surface area contributed by atoms with Crippen molar-refractivity contribution in [3.8, 4) is 0 Å². The van der Waals surface area contributed by atoms with Gasteiger partial charge in [0.2, 0.25) is 0 Å². The summed E-state index contributed by atoms with van der Waals surface area (Å²) in [5.41, 5.74) is 4.72. The van der Waals surface area contributed by atoms with Crippen LogP contribution in [0.2, 0.25) is 0 Å². The minimum Gasteiger partial charge on any atom is -0.364 e. The topological polar surface area (TPSA) is 72.9 Å². The number of nitrogens with one attached hydrogen (secondary N) is 2. The van der Waals surface area contributed by atoms with Crippen molar-refractivity contribution in [3.63, 3.8) is 0 Å². The lowest BCUT2D eigenvalue weighted by atomic mass is 9.95. The van der Waals surface area contributed by atoms with Gasteiger partial charge in [0, 0.05) is 24.3 Å². The van der Waals surface area contributed by atoms with E-state index in [-0.39, 0.29) is 6.17 Å². The average Bonchev–Trinajstić information content (AvgIpc) is 3.26. The third kappa shape index (κ3) is 2.59. The molecule has 0 aliphatic carbocycles. The van der Waals surface area contributed by atoms with Gasteiger partial charge >= 0.3 is 0 Å². The second-order valence-electron chi connectivity index (χ2n) is 6.71. The highest BCUT2D eigenvalue weighted by Crippen LogP contribution is 2.40. The SMILES string of the molecule is COC(O)c1cc2c(C(C)C)c(C3=CN4N=CNC4C(C)=C3)[nH]c2s1. The molecule has 4 heterocycles. The van der Waals surface area contributed by atoms with Gasteiger partial charge in [-0.3, -0.25) is 0 Å². The Balaban J connectivity index is 1.83. The molecule has 0 saturated carbocycles. The van der Waals surface area contributed by atoms with Crippen molar-refractivity contribution in [1.82, 2.24) is 15.3 Å². The summed E-state index contributed by atoms with van der Waals surface area (Å²) in [5, 5.41) is 20.7. The van der Waals surface area contributed by atoms with Crippen LogP contribution < -0.4 is 5.32 Å². The maximum atomic E-state index is 9.96. The van der Waals surface area contributed by atoms with Crippen LogP contribution in [0.4, 0.5) is 0 Å². The second kappa shape index (κ2) is 6.01. The van der Waals surface area contributed by atoms with Crippen molar-refractivity contribution < 1.29 is 9.84 Å². The van der Waals surface area contributed by atoms with Crippen LogP contribution in [0.3, 0.4) is 0 Å². The molecule has 6 nitrogen and oxygen atoms in total. The number of nitrogens with zero attached hydrogens (tertiary/aromatic N) is 2. The normalized spacial score (nSPS) is 20.7. The Labute approximate surface area is 150 Å². The molecule has 2 aliphatic heterocycles. The Kier molecular flexibility index (Phi) is 3.94. The van der Waals surface area contributed by atoms with E-state index in [4.69, 9.17) is 4.74 Å². The molecule has 0 saturated heterocycles. The van der Waals surface area contributed by atoms with Crippen LogP contribution in [0.25, 0.3) is 15.8 Å². The number of thiophene rings is 1. The lowest BCUT2D eigenvalue weighted by Gasteiger charge is -2.26. The molecule has 0 radical (unpaired) electrons. The van der Waals surface area contributed by atoms with Crippen molar-refractivity contribution in [2.24, 2.45) is 5.10 Å². The Morgan fingerprint density at radius 3 is 2.92 bits per heavy atom. The highest BCUT2D eigenvalue weighted by Gasteiger charge is 2.27. The van der Waals surface area contributed by atoms with Crippen LogP contribution in [-0.2, 0) is 4.74 Å². The van der Waals surface area contributed by atoms with Gasteiger partial charge in [0.25, 0.3) is 0 Å². The molecule has 25 heavy (non-hydrogen) atoms. The van der Waals surface area contributed by atoms with E-state index in [1.165, 1.54) is 29.6 Å². The summed E-state index contributed by atoms with van der Waals surface area (Å²) in [6.07, 6.45) is 5.24. The fourth-order valence-corrected chi connectivity index (χ4v) is 4.53. The zero-order chi connectivity index (χ0) is 17.7. The van der Waals surface area contributed by atoms with E-state index in [2.05, 4.69) is 48.4 Å². The molecule has 0 fully saturated rings.